The predicted molar refractivity (Wildman–Crippen MR) is 109 cm³/mol. The third-order valence-electron chi connectivity index (χ3n) is 4.98. The molecule has 0 saturated carbocycles. The first-order valence-electron chi connectivity index (χ1n) is 8.86. The van der Waals surface area contributed by atoms with E-state index in [9.17, 15) is 8.42 Å². The summed E-state index contributed by atoms with van der Waals surface area (Å²) in [5.74, 6) is 0. The molecule has 1 saturated heterocycles. The highest BCUT2D eigenvalue weighted by Gasteiger charge is 2.30. The third kappa shape index (κ3) is 3.80. The molecule has 3 aromatic rings. The van der Waals surface area contributed by atoms with Crippen molar-refractivity contribution < 1.29 is 8.42 Å². The fourth-order valence-corrected chi connectivity index (χ4v) is 5.17. The van der Waals surface area contributed by atoms with E-state index in [1.807, 2.05) is 12.3 Å². The molecule has 4 rings (SSSR count). The second kappa shape index (κ2) is 7.83. The van der Waals surface area contributed by atoms with Crippen LogP contribution in [-0.4, -0.2) is 40.8 Å². The van der Waals surface area contributed by atoms with Crippen LogP contribution < -0.4 is 0 Å². The minimum atomic E-state index is -3.53. The van der Waals surface area contributed by atoms with Crippen molar-refractivity contribution in [3.05, 3.63) is 64.9 Å². The molecule has 0 unspecified atom stereocenters. The molecule has 1 aliphatic heterocycles. The van der Waals surface area contributed by atoms with Crippen LogP contribution in [-0.2, 0) is 10.0 Å². The van der Waals surface area contributed by atoms with E-state index in [0.29, 0.717) is 36.0 Å². The van der Waals surface area contributed by atoms with Gasteiger partial charge < -0.3 is 0 Å². The topological polar surface area (TPSA) is 68.1 Å². The number of sulfonamides is 1. The van der Waals surface area contributed by atoms with E-state index in [4.69, 9.17) is 23.2 Å². The van der Waals surface area contributed by atoms with E-state index in [-0.39, 0.29) is 10.9 Å². The van der Waals surface area contributed by atoms with Crippen molar-refractivity contribution in [1.82, 2.24) is 19.3 Å². The number of benzene rings is 2. The molecule has 0 bridgehead atoms. The Morgan fingerprint density at radius 1 is 0.929 bits per heavy atom. The highest BCUT2D eigenvalue weighted by atomic mass is 35.5. The number of halogens is 2. The van der Waals surface area contributed by atoms with Crippen LogP contribution >= 0.6 is 23.2 Å². The highest BCUT2D eigenvalue weighted by molar-refractivity contribution is 7.89. The van der Waals surface area contributed by atoms with E-state index >= 15 is 0 Å². The van der Waals surface area contributed by atoms with E-state index in [1.165, 1.54) is 4.31 Å². The molecule has 0 aliphatic carbocycles. The average molecular weight is 437 g/mol. The molecule has 1 aromatic heterocycles. The van der Waals surface area contributed by atoms with Crippen LogP contribution in [0.15, 0.2) is 59.8 Å². The SMILES string of the molecule is O=S(=O)(c1ccc(-c2ccc(Cl)c(Cl)c2)cc1)N1CCC(n2ccnn2)CC1. The Hall–Kier alpha value is -1.93. The molecule has 0 spiro atoms. The first-order chi connectivity index (χ1) is 13.4. The molecule has 28 heavy (non-hydrogen) atoms. The van der Waals surface area contributed by atoms with Crippen molar-refractivity contribution in [2.45, 2.75) is 23.8 Å². The minimum absolute atomic E-state index is 0.186. The quantitative estimate of drug-likeness (QED) is 0.611. The molecule has 2 heterocycles. The number of hydrogen-bond donors (Lipinski definition) is 0. The van der Waals surface area contributed by atoms with E-state index in [0.717, 1.165) is 11.1 Å². The van der Waals surface area contributed by atoms with Crippen LogP contribution in [0.25, 0.3) is 11.1 Å². The molecule has 146 valence electrons. The maximum atomic E-state index is 13.0. The van der Waals surface area contributed by atoms with Gasteiger partial charge in [0.05, 0.1) is 27.2 Å². The summed E-state index contributed by atoms with van der Waals surface area (Å²) in [5.41, 5.74) is 1.76. The Morgan fingerprint density at radius 2 is 1.61 bits per heavy atom. The van der Waals surface area contributed by atoms with Crippen LogP contribution in [0.4, 0.5) is 0 Å². The fraction of sp³-hybridized carbons (Fsp3) is 0.263. The number of nitrogens with zero attached hydrogens (tertiary/aromatic N) is 4. The summed E-state index contributed by atoms with van der Waals surface area (Å²) in [6.07, 6.45) is 4.88. The van der Waals surface area contributed by atoms with Crippen molar-refractivity contribution in [1.29, 1.82) is 0 Å². The Balaban J connectivity index is 1.49. The van der Waals surface area contributed by atoms with Crippen LogP contribution in [0.3, 0.4) is 0 Å². The Morgan fingerprint density at radius 3 is 2.21 bits per heavy atom. The van der Waals surface area contributed by atoms with E-state index in [1.54, 1.807) is 47.3 Å². The van der Waals surface area contributed by atoms with Gasteiger partial charge in [-0.25, -0.2) is 13.1 Å². The lowest BCUT2D eigenvalue weighted by Crippen LogP contribution is -2.39. The first-order valence-corrected chi connectivity index (χ1v) is 11.1. The summed E-state index contributed by atoms with van der Waals surface area (Å²) in [4.78, 5) is 0.288. The van der Waals surface area contributed by atoms with Gasteiger partial charge in [0.25, 0.3) is 0 Å². The maximum Gasteiger partial charge on any atom is 0.243 e. The van der Waals surface area contributed by atoms with Gasteiger partial charge in [-0.1, -0.05) is 46.6 Å². The van der Waals surface area contributed by atoms with Gasteiger partial charge in [0.1, 0.15) is 0 Å². The molecule has 9 heteroatoms. The molecule has 1 aliphatic rings. The van der Waals surface area contributed by atoms with E-state index in [2.05, 4.69) is 10.3 Å². The van der Waals surface area contributed by atoms with Crippen LogP contribution in [0.2, 0.25) is 10.0 Å². The molecule has 2 aromatic carbocycles. The predicted octanol–water partition coefficient (Wildman–Crippen LogP) is 4.28. The zero-order chi connectivity index (χ0) is 19.7. The van der Waals surface area contributed by atoms with Crippen molar-refractivity contribution in [3.8, 4) is 11.1 Å². The van der Waals surface area contributed by atoms with Gasteiger partial charge >= 0.3 is 0 Å². The van der Waals surface area contributed by atoms with Gasteiger partial charge in [0.15, 0.2) is 0 Å². The zero-order valence-electron chi connectivity index (χ0n) is 14.9. The summed E-state index contributed by atoms with van der Waals surface area (Å²) >= 11 is 12.0. The van der Waals surface area contributed by atoms with Crippen LogP contribution in [0.1, 0.15) is 18.9 Å². The smallest absolute Gasteiger partial charge is 0.243 e. The summed E-state index contributed by atoms with van der Waals surface area (Å²) in [5, 5.41) is 8.79. The molecule has 0 radical (unpaired) electrons. The summed E-state index contributed by atoms with van der Waals surface area (Å²) in [6, 6.07) is 12.4. The summed E-state index contributed by atoms with van der Waals surface area (Å²) in [6.45, 7) is 0.919. The molecule has 0 amide bonds. The second-order valence-electron chi connectivity index (χ2n) is 6.67. The monoisotopic (exact) mass is 436 g/mol. The zero-order valence-corrected chi connectivity index (χ0v) is 17.2. The molecular weight excluding hydrogens is 419 g/mol. The largest absolute Gasteiger partial charge is 0.249 e. The average Bonchev–Trinajstić information content (AvgIpc) is 3.25. The molecule has 0 N–H and O–H groups in total. The van der Waals surface area contributed by atoms with Crippen LogP contribution in [0, 0.1) is 0 Å². The van der Waals surface area contributed by atoms with Gasteiger partial charge in [0.2, 0.25) is 10.0 Å². The molecule has 0 atom stereocenters. The van der Waals surface area contributed by atoms with Crippen molar-refractivity contribution >= 4 is 33.2 Å². The Bertz CT molecular complexity index is 1060. The van der Waals surface area contributed by atoms with Gasteiger partial charge in [0, 0.05) is 19.3 Å². The van der Waals surface area contributed by atoms with Gasteiger partial charge in [-0.2, -0.15) is 4.31 Å². The van der Waals surface area contributed by atoms with Gasteiger partial charge in [-0.3, -0.25) is 0 Å². The van der Waals surface area contributed by atoms with Crippen molar-refractivity contribution in [2.24, 2.45) is 0 Å². The number of rotatable bonds is 4. The summed E-state index contributed by atoms with van der Waals surface area (Å²) < 4.78 is 29.3. The summed E-state index contributed by atoms with van der Waals surface area (Å²) in [7, 11) is -3.53. The number of aromatic nitrogens is 3. The number of hydrogen-bond acceptors (Lipinski definition) is 4. The standard InChI is InChI=1S/C19H18Cl2N4O2S/c20-18-6-3-15(13-19(18)21)14-1-4-17(5-2-14)28(26,27)24-10-7-16(8-11-24)25-12-9-22-23-25/h1-6,9,12-13,16H,7-8,10-11H2. The van der Waals surface area contributed by atoms with E-state index < -0.39 is 10.0 Å². The van der Waals surface area contributed by atoms with Gasteiger partial charge in [-0.05, 0) is 48.2 Å². The Kier molecular flexibility index (Phi) is 5.42. The Labute approximate surface area is 173 Å². The fourth-order valence-electron chi connectivity index (χ4n) is 3.40. The lowest BCUT2D eigenvalue weighted by atomic mass is 10.1. The lowest BCUT2D eigenvalue weighted by molar-refractivity contribution is 0.258. The molecule has 6 nitrogen and oxygen atoms in total. The maximum absolute atomic E-state index is 13.0. The lowest BCUT2D eigenvalue weighted by Gasteiger charge is -2.31. The molecule has 1 fully saturated rings. The molecular formula is C19H18Cl2N4O2S. The van der Waals surface area contributed by atoms with Gasteiger partial charge in [-0.15, -0.1) is 5.10 Å². The van der Waals surface area contributed by atoms with Crippen LogP contribution in [0.5, 0.6) is 0 Å². The third-order valence-corrected chi connectivity index (χ3v) is 7.64. The first kappa shape index (κ1) is 19.4. The number of piperidine rings is 1. The second-order valence-corrected chi connectivity index (χ2v) is 9.42. The van der Waals surface area contributed by atoms with Crippen molar-refractivity contribution in [3.63, 3.8) is 0 Å². The normalized spacial score (nSPS) is 16.4. The van der Waals surface area contributed by atoms with Crippen molar-refractivity contribution in [2.75, 3.05) is 13.1 Å². The minimum Gasteiger partial charge on any atom is -0.249 e. The highest BCUT2D eigenvalue weighted by Crippen LogP contribution is 2.30.